The van der Waals surface area contributed by atoms with Gasteiger partial charge in [0.1, 0.15) is 5.82 Å². The van der Waals surface area contributed by atoms with Crippen molar-refractivity contribution >= 4 is 0 Å². The number of aryl methyl sites for hydroxylation is 2. The van der Waals surface area contributed by atoms with Crippen LogP contribution in [0.1, 0.15) is 31.0 Å². The molecule has 0 atom stereocenters. The van der Waals surface area contributed by atoms with Crippen LogP contribution >= 0.6 is 0 Å². The first-order valence-electron chi connectivity index (χ1n) is 6.43. The minimum atomic E-state index is 0.00995. The smallest absolute Gasteiger partial charge is 0.254 e. The van der Waals surface area contributed by atoms with Crippen LogP contribution in [0.25, 0.3) is 11.4 Å². The maximum Gasteiger partial charge on any atom is 0.254 e. The lowest BCUT2D eigenvalue weighted by Gasteiger charge is -2.01. The Balaban J connectivity index is 2.01. The summed E-state index contributed by atoms with van der Waals surface area (Å²) in [6.07, 6.45) is 7.53. The summed E-state index contributed by atoms with van der Waals surface area (Å²) < 4.78 is 1.88. The minimum Gasteiger partial charge on any atom is -0.306 e. The van der Waals surface area contributed by atoms with Crippen molar-refractivity contribution in [2.75, 3.05) is 0 Å². The van der Waals surface area contributed by atoms with Gasteiger partial charge in [0.15, 0.2) is 0 Å². The molecule has 0 bridgehead atoms. The lowest BCUT2D eigenvalue weighted by molar-refractivity contribution is 0.603. The zero-order valence-corrected chi connectivity index (χ0v) is 10.4. The van der Waals surface area contributed by atoms with E-state index in [1.165, 1.54) is 0 Å². The Hall–Kier alpha value is -1.91. The molecule has 5 nitrogen and oxygen atoms in total. The van der Waals surface area contributed by atoms with Crippen molar-refractivity contribution in [3.05, 3.63) is 34.0 Å². The molecule has 5 heteroatoms. The van der Waals surface area contributed by atoms with Gasteiger partial charge in [-0.25, -0.2) is 4.98 Å². The first-order valence-corrected chi connectivity index (χ1v) is 6.43. The van der Waals surface area contributed by atoms with E-state index in [0.29, 0.717) is 5.82 Å². The van der Waals surface area contributed by atoms with E-state index in [-0.39, 0.29) is 5.56 Å². The lowest BCUT2D eigenvalue weighted by atomic mass is 10.2. The summed E-state index contributed by atoms with van der Waals surface area (Å²) in [5.74, 6) is 0.642. The van der Waals surface area contributed by atoms with Crippen LogP contribution < -0.4 is 5.56 Å². The van der Waals surface area contributed by atoms with Gasteiger partial charge in [0.05, 0.1) is 17.5 Å². The summed E-state index contributed by atoms with van der Waals surface area (Å²) in [6, 6.07) is 0. The van der Waals surface area contributed by atoms with Gasteiger partial charge in [-0.05, 0) is 25.7 Å². The molecule has 0 spiro atoms. The molecule has 2 aromatic rings. The quantitative estimate of drug-likeness (QED) is 0.890. The molecule has 1 N–H and O–H groups in total. The molecule has 2 aromatic heterocycles. The van der Waals surface area contributed by atoms with Crippen LogP contribution in [0.5, 0.6) is 0 Å². The van der Waals surface area contributed by atoms with Crippen molar-refractivity contribution in [3.63, 3.8) is 0 Å². The van der Waals surface area contributed by atoms with Gasteiger partial charge in [-0.3, -0.25) is 9.48 Å². The molecule has 0 saturated heterocycles. The molecular formula is C13H16N4O. The molecule has 0 amide bonds. The normalized spacial score (nSPS) is 13.8. The maximum absolute atomic E-state index is 11.9. The van der Waals surface area contributed by atoms with E-state index in [0.717, 1.165) is 49.0 Å². The molecule has 0 aromatic carbocycles. The van der Waals surface area contributed by atoms with Crippen LogP contribution in [-0.2, 0) is 19.4 Å². The number of fused-ring (bicyclic) bond motifs is 1. The molecule has 18 heavy (non-hydrogen) atoms. The summed E-state index contributed by atoms with van der Waals surface area (Å²) in [5, 5.41) is 4.26. The summed E-state index contributed by atoms with van der Waals surface area (Å²) in [5.41, 5.74) is 2.71. The van der Waals surface area contributed by atoms with E-state index >= 15 is 0 Å². The van der Waals surface area contributed by atoms with Crippen molar-refractivity contribution in [3.8, 4) is 11.4 Å². The zero-order chi connectivity index (χ0) is 12.5. The Morgan fingerprint density at radius 3 is 3.17 bits per heavy atom. The second-order valence-electron chi connectivity index (χ2n) is 4.69. The molecule has 0 radical (unpaired) electrons. The molecule has 0 saturated carbocycles. The Morgan fingerprint density at radius 1 is 1.44 bits per heavy atom. The highest BCUT2D eigenvalue weighted by atomic mass is 16.1. The van der Waals surface area contributed by atoms with Crippen LogP contribution in [-0.4, -0.2) is 19.7 Å². The highest BCUT2D eigenvalue weighted by molar-refractivity contribution is 5.52. The summed E-state index contributed by atoms with van der Waals surface area (Å²) in [4.78, 5) is 19.3. The summed E-state index contributed by atoms with van der Waals surface area (Å²) >= 11 is 0. The topological polar surface area (TPSA) is 63.6 Å². The van der Waals surface area contributed by atoms with Crippen LogP contribution in [0.2, 0.25) is 0 Å². The lowest BCUT2D eigenvalue weighted by Crippen LogP contribution is -2.15. The predicted octanol–water partition coefficient (Wildman–Crippen LogP) is 1.53. The molecule has 3 rings (SSSR count). The van der Waals surface area contributed by atoms with E-state index in [2.05, 4.69) is 22.0 Å². The third-order valence-corrected chi connectivity index (χ3v) is 3.30. The average molecular weight is 244 g/mol. The molecule has 0 aliphatic heterocycles. The van der Waals surface area contributed by atoms with E-state index < -0.39 is 0 Å². The Kier molecular flexibility index (Phi) is 2.74. The Labute approximate surface area is 105 Å². The molecule has 1 aliphatic rings. The van der Waals surface area contributed by atoms with Crippen LogP contribution in [0, 0.1) is 0 Å². The highest BCUT2D eigenvalue weighted by Crippen LogP contribution is 2.19. The minimum absolute atomic E-state index is 0.00995. The third kappa shape index (κ3) is 1.85. The number of nitrogens with zero attached hydrogens (tertiary/aromatic N) is 3. The number of H-pyrrole nitrogens is 1. The average Bonchev–Trinajstić information content (AvgIpc) is 2.97. The van der Waals surface area contributed by atoms with Crippen LogP contribution in [0.4, 0.5) is 0 Å². The zero-order valence-electron chi connectivity index (χ0n) is 10.4. The van der Waals surface area contributed by atoms with Gasteiger partial charge in [0.2, 0.25) is 0 Å². The monoisotopic (exact) mass is 244 g/mol. The van der Waals surface area contributed by atoms with Gasteiger partial charge in [-0.2, -0.15) is 5.10 Å². The second-order valence-corrected chi connectivity index (χ2v) is 4.69. The molecule has 0 unspecified atom stereocenters. The fraction of sp³-hybridized carbons (Fsp3) is 0.462. The van der Waals surface area contributed by atoms with E-state index in [1.807, 2.05) is 10.9 Å². The Morgan fingerprint density at radius 2 is 2.33 bits per heavy atom. The Bertz CT molecular complexity index is 626. The van der Waals surface area contributed by atoms with E-state index in [4.69, 9.17) is 0 Å². The number of nitrogens with one attached hydrogen (secondary N) is 1. The van der Waals surface area contributed by atoms with E-state index in [1.54, 1.807) is 6.20 Å². The van der Waals surface area contributed by atoms with Gasteiger partial charge in [-0.1, -0.05) is 6.92 Å². The van der Waals surface area contributed by atoms with E-state index in [9.17, 15) is 4.79 Å². The molecular weight excluding hydrogens is 228 g/mol. The van der Waals surface area contributed by atoms with Gasteiger partial charge in [-0.15, -0.1) is 0 Å². The summed E-state index contributed by atoms with van der Waals surface area (Å²) in [7, 11) is 0. The van der Waals surface area contributed by atoms with Gasteiger partial charge < -0.3 is 4.98 Å². The number of aromatic nitrogens is 4. The fourth-order valence-electron chi connectivity index (χ4n) is 2.42. The van der Waals surface area contributed by atoms with Crippen LogP contribution in [0.15, 0.2) is 17.2 Å². The standard InChI is InChI=1S/C13H16N4O/c1-2-6-17-8-9(7-14-17)12-15-11-5-3-4-10(11)13(18)16-12/h7-8H,2-6H2,1H3,(H,15,16,18). The van der Waals surface area contributed by atoms with Crippen molar-refractivity contribution in [1.29, 1.82) is 0 Å². The first kappa shape index (κ1) is 11.2. The number of hydrogen-bond donors (Lipinski definition) is 1. The highest BCUT2D eigenvalue weighted by Gasteiger charge is 2.17. The number of aromatic amines is 1. The maximum atomic E-state index is 11.9. The van der Waals surface area contributed by atoms with Crippen molar-refractivity contribution < 1.29 is 0 Å². The molecule has 1 aliphatic carbocycles. The van der Waals surface area contributed by atoms with Crippen molar-refractivity contribution in [1.82, 2.24) is 19.7 Å². The summed E-state index contributed by atoms with van der Waals surface area (Å²) in [6.45, 7) is 2.99. The van der Waals surface area contributed by atoms with Crippen LogP contribution in [0.3, 0.4) is 0 Å². The second kappa shape index (κ2) is 4.40. The molecule has 2 heterocycles. The first-order chi connectivity index (χ1) is 8.78. The van der Waals surface area contributed by atoms with Gasteiger partial charge >= 0.3 is 0 Å². The van der Waals surface area contributed by atoms with Gasteiger partial charge in [0.25, 0.3) is 5.56 Å². The third-order valence-electron chi connectivity index (χ3n) is 3.30. The van der Waals surface area contributed by atoms with Crippen molar-refractivity contribution in [2.45, 2.75) is 39.2 Å². The van der Waals surface area contributed by atoms with Crippen molar-refractivity contribution in [2.24, 2.45) is 0 Å². The predicted molar refractivity (Wildman–Crippen MR) is 68.4 cm³/mol. The number of rotatable bonds is 3. The SMILES string of the molecule is CCCn1cc(-c2nc3c(c(=O)[nH]2)CCC3)cn1. The number of hydrogen-bond acceptors (Lipinski definition) is 3. The fourth-order valence-corrected chi connectivity index (χ4v) is 2.42. The van der Waals surface area contributed by atoms with Gasteiger partial charge in [0, 0.05) is 18.3 Å². The molecule has 94 valence electrons. The largest absolute Gasteiger partial charge is 0.306 e. The molecule has 0 fully saturated rings.